The number of aromatic nitrogens is 3. The normalized spacial score (nSPS) is 20.4. The van der Waals surface area contributed by atoms with Gasteiger partial charge in [0.25, 0.3) is 5.91 Å². The molecule has 0 radical (unpaired) electrons. The fourth-order valence-electron chi connectivity index (χ4n) is 3.29. The Morgan fingerprint density at radius 2 is 2.21 bits per heavy atom. The van der Waals surface area contributed by atoms with Crippen molar-refractivity contribution in [3.63, 3.8) is 0 Å². The topological polar surface area (TPSA) is 69.5 Å². The van der Waals surface area contributed by atoms with Crippen molar-refractivity contribution in [2.24, 2.45) is 7.05 Å². The molecule has 2 atom stereocenters. The van der Waals surface area contributed by atoms with Gasteiger partial charge in [-0.1, -0.05) is 0 Å². The lowest BCUT2D eigenvalue weighted by Crippen LogP contribution is -2.41. The van der Waals surface area contributed by atoms with Gasteiger partial charge in [-0.25, -0.2) is 0 Å². The average molecular weight is 330 g/mol. The summed E-state index contributed by atoms with van der Waals surface area (Å²) in [6, 6.07) is 1.67. The number of aryl methyl sites for hydroxylation is 1. The van der Waals surface area contributed by atoms with Gasteiger partial charge in [0.15, 0.2) is 0 Å². The minimum Gasteiger partial charge on any atom is -0.494 e. The maximum absolute atomic E-state index is 13.0. The Morgan fingerprint density at radius 1 is 1.38 bits per heavy atom. The fourth-order valence-corrected chi connectivity index (χ4v) is 3.29. The first kappa shape index (κ1) is 16.4. The van der Waals surface area contributed by atoms with Gasteiger partial charge in [-0.05, 0) is 24.5 Å². The van der Waals surface area contributed by atoms with Crippen LogP contribution in [0.15, 0.2) is 30.9 Å². The number of amides is 1. The third-order valence-electron chi connectivity index (χ3n) is 4.49. The van der Waals surface area contributed by atoms with E-state index in [-0.39, 0.29) is 18.1 Å². The van der Waals surface area contributed by atoms with Gasteiger partial charge in [0, 0.05) is 33.1 Å². The van der Waals surface area contributed by atoms with Crippen LogP contribution < -0.4 is 4.74 Å². The fraction of sp³-hybridized carbons (Fsp3) is 0.471. The van der Waals surface area contributed by atoms with Gasteiger partial charge in [0.2, 0.25) is 0 Å². The number of hydrogen-bond donors (Lipinski definition) is 0. The van der Waals surface area contributed by atoms with Gasteiger partial charge in [-0.2, -0.15) is 5.10 Å². The lowest BCUT2D eigenvalue weighted by molar-refractivity contribution is 0.0506. The van der Waals surface area contributed by atoms with Crippen molar-refractivity contribution < 1.29 is 14.3 Å². The summed E-state index contributed by atoms with van der Waals surface area (Å²) in [5.74, 6) is 0.436. The first-order valence-electron chi connectivity index (χ1n) is 7.93. The van der Waals surface area contributed by atoms with Gasteiger partial charge < -0.3 is 14.4 Å². The van der Waals surface area contributed by atoms with Crippen molar-refractivity contribution in [1.82, 2.24) is 19.7 Å². The minimum absolute atomic E-state index is 0.0157. The molecule has 24 heavy (non-hydrogen) atoms. The zero-order valence-electron chi connectivity index (χ0n) is 14.2. The van der Waals surface area contributed by atoms with Crippen LogP contribution in [0.1, 0.15) is 22.3 Å². The number of carbonyl (C=O) groups excluding carboxylic acids is 1. The largest absolute Gasteiger partial charge is 0.494 e. The van der Waals surface area contributed by atoms with Crippen LogP contribution in [0, 0.1) is 0 Å². The number of methoxy groups -OCH3 is 2. The molecule has 7 nitrogen and oxygen atoms in total. The lowest BCUT2D eigenvalue weighted by Gasteiger charge is -2.27. The molecule has 1 saturated heterocycles. The molecule has 7 heteroatoms. The monoisotopic (exact) mass is 330 g/mol. The maximum atomic E-state index is 13.0. The van der Waals surface area contributed by atoms with Crippen LogP contribution >= 0.6 is 0 Å². The molecule has 0 saturated carbocycles. The Balaban J connectivity index is 1.85. The summed E-state index contributed by atoms with van der Waals surface area (Å²) in [4.78, 5) is 18.9. The van der Waals surface area contributed by atoms with Crippen LogP contribution in [0.5, 0.6) is 5.75 Å². The summed E-state index contributed by atoms with van der Waals surface area (Å²) in [5.41, 5.74) is 1.62. The summed E-state index contributed by atoms with van der Waals surface area (Å²) < 4.78 is 12.7. The van der Waals surface area contributed by atoms with E-state index in [9.17, 15) is 4.79 Å². The molecule has 2 aromatic heterocycles. The molecule has 0 aromatic carbocycles. The predicted molar refractivity (Wildman–Crippen MR) is 87.9 cm³/mol. The number of likely N-dealkylation sites (tertiary alicyclic amines) is 1. The zero-order chi connectivity index (χ0) is 17.1. The standard InChI is InChI=1S/C17H22N4O3/c1-20-11-12(9-19-20)8-14-15(23-2)5-7-21(14)17(22)13-4-6-18-10-16(13)24-3/h4,6,9-11,14-15H,5,7-8H2,1-3H3/t14-,15-/m0/s1. The van der Waals surface area contributed by atoms with E-state index in [0.717, 1.165) is 12.0 Å². The van der Waals surface area contributed by atoms with Gasteiger partial charge in [-0.3, -0.25) is 14.5 Å². The second-order valence-electron chi connectivity index (χ2n) is 5.93. The SMILES string of the molecule is COc1cnccc1C(=O)N1CC[C@H](OC)[C@@H]1Cc1cnn(C)c1. The Labute approximate surface area is 141 Å². The molecular weight excluding hydrogens is 308 g/mol. The van der Waals surface area contributed by atoms with Crippen LogP contribution in [-0.2, 0) is 18.2 Å². The molecule has 0 bridgehead atoms. The van der Waals surface area contributed by atoms with Crippen molar-refractivity contribution >= 4 is 5.91 Å². The third-order valence-corrected chi connectivity index (χ3v) is 4.49. The molecule has 128 valence electrons. The molecule has 1 aliphatic heterocycles. The van der Waals surface area contributed by atoms with Gasteiger partial charge in [0.05, 0.1) is 37.2 Å². The molecule has 0 N–H and O–H groups in total. The van der Waals surface area contributed by atoms with Crippen molar-refractivity contribution in [3.05, 3.63) is 42.0 Å². The molecule has 1 fully saturated rings. The average Bonchev–Trinajstić information content (AvgIpc) is 3.20. The second kappa shape index (κ2) is 7.00. The molecule has 1 amide bonds. The van der Waals surface area contributed by atoms with Gasteiger partial charge in [-0.15, -0.1) is 0 Å². The minimum atomic E-state index is -0.0531. The molecule has 3 rings (SSSR count). The van der Waals surface area contributed by atoms with E-state index in [1.165, 1.54) is 0 Å². The number of pyridine rings is 1. The van der Waals surface area contributed by atoms with Crippen molar-refractivity contribution in [2.45, 2.75) is 25.0 Å². The van der Waals surface area contributed by atoms with E-state index >= 15 is 0 Å². The van der Waals surface area contributed by atoms with E-state index in [1.54, 1.807) is 37.4 Å². The van der Waals surface area contributed by atoms with Crippen LogP contribution in [0.3, 0.4) is 0 Å². The smallest absolute Gasteiger partial charge is 0.258 e. The molecule has 3 heterocycles. The highest BCUT2D eigenvalue weighted by Crippen LogP contribution is 2.28. The summed E-state index contributed by atoms with van der Waals surface area (Å²) in [5, 5.41) is 4.21. The van der Waals surface area contributed by atoms with Crippen LogP contribution in [0.4, 0.5) is 0 Å². The molecule has 0 spiro atoms. The number of hydrogen-bond acceptors (Lipinski definition) is 5. The second-order valence-corrected chi connectivity index (χ2v) is 5.93. The Bertz CT molecular complexity index is 715. The highest BCUT2D eigenvalue weighted by molar-refractivity contribution is 5.97. The van der Waals surface area contributed by atoms with E-state index in [4.69, 9.17) is 9.47 Å². The van der Waals surface area contributed by atoms with Crippen LogP contribution in [-0.4, -0.2) is 58.5 Å². The summed E-state index contributed by atoms with van der Waals surface area (Å²) in [6.07, 6.45) is 8.53. The number of carbonyl (C=O) groups is 1. The summed E-state index contributed by atoms with van der Waals surface area (Å²) in [7, 11) is 5.13. The number of ether oxygens (including phenoxy) is 2. The Hall–Kier alpha value is -2.41. The number of nitrogens with zero attached hydrogens (tertiary/aromatic N) is 4. The quantitative estimate of drug-likeness (QED) is 0.826. The van der Waals surface area contributed by atoms with Gasteiger partial charge >= 0.3 is 0 Å². The summed E-state index contributed by atoms with van der Waals surface area (Å²) in [6.45, 7) is 0.660. The molecular formula is C17H22N4O3. The van der Waals surface area contributed by atoms with Crippen LogP contribution in [0.25, 0.3) is 0 Å². The lowest BCUT2D eigenvalue weighted by atomic mass is 10.0. The molecule has 1 aliphatic rings. The third kappa shape index (κ3) is 3.12. The maximum Gasteiger partial charge on any atom is 0.258 e. The van der Waals surface area contributed by atoms with E-state index in [2.05, 4.69) is 10.1 Å². The van der Waals surface area contributed by atoms with E-state index in [0.29, 0.717) is 24.3 Å². The molecule has 0 unspecified atom stereocenters. The summed E-state index contributed by atoms with van der Waals surface area (Å²) >= 11 is 0. The van der Waals surface area contributed by atoms with Crippen molar-refractivity contribution in [2.75, 3.05) is 20.8 Å². The molecule has 0 aliphatic carbocycles. The molecule has 2 aromatic rings. The first-order valence-corrected chi connectivity index (χ1v) is 7.93. The number of rotatable bonds is 5. The van der Waals surface area contributed by atoms with E-state index in [1.807, 2.05) is 24.3 Å². The van der Waals surface area contributed by atoms with E-state index < -0.39 is 0 Å². The first-order chi connectivity index (χ1) is 11.6. The zero-order valence-corrected chi connectivity index (χ0v) is 14.2. The highest BCUT2D eigenvalue weighted by atomic mass is 16.5. The van der Waals surface area contributed by atoms with Crippen molar-refractivity contribution in [3.8, 4) is 5.75 Å². The Morgan fingerprint density at radius 3 is 2.88 bits per heavy atom. The van der Waals surface area contributed by atoms with Crippen molar-refractivity contribution in [1.29, 1.82) is 0 Å². The Kier molecular flexibility index (Phi) is 4.80. The highest BCUT2D eigenvalue weighted by Gasteiger charge is 2.38. The van der Waals surface area contributed by atoms with Crippen LogP contribution in [0.2, 0.25) is 0 Å². The van der Waals surface area contributed by atoms with Gasteiger partial charge in [0.1, 0.15) is 5.75 Å². The predicted octanol–water partition coefficient (Wildman–Crippen LogP) is 1.30.